The van der Waals surface area contributed by atoms with E-state index in [-0.39, 0.29) is 11.2 Å². The van der Waals surface area contributed by atoms with Crippen LogP contribution in [0.15, 0.2) is 35.1 Å². The minimum absolute atomic E-state index is 0.147. The summed E-state index contributed by atoms with van der Waals surface area (Å²) < 4.78 is 8.48. The molecule has 0 spiro atoms. The molecular formula is C21H34N6O3. The van der Waals surface area contributed by atoms with Gasteiger partial charge >= 0.3 is 5.69 Å². The zero-order valence-corrected chi connectivity index (χ0v) is 18.4. The first kappa shape index (κ1) is 22.5. The predicted molar refractivity (Wildman–Crippen MR) is 115 cm³/mol. The molecule has 3 rings (SSSR count). The van der Waals surface area contributed by atoms with E-state index < -0.39 is 0 Å². The van der Waals surface area contributed by atoms with Crippen molar-refractivity contribution in [3.05, 3.63) is 40.8 Å². The lowest BCUT2D eigenvalue weighted by Gasteiger charge is -2.48. The van der Waals surface area contributed by atoms with Crippen LogP contribution in [0.4, 0.5) is 5.69 Å². The number of hydrogen-bond donors (Lipinski definition) is 0. The summed E-state index contributed by atoms with van der Waals surface area (Å²) in [7, 11) is 1.75. The molecule has 9 heteroatoms. The summed E-state index contributed by atoms with van der Waals surface area (Å²) in [6, 6.07) is 10.3. The second kappa shape index (κ2) is 10.7. The molecule has 0 atom stereocenters. The third-order valence-corrected chi connectivity index (χ3v) is 5.67. The van der Waals surface area contributed by atoms with E-state index in [0.717, 1.165) is 44.6 Å². The number of anilines is 1. The van der Waals surface area contributed by atoms with E-state index in [1.807, 2.05) is 25.1 Å². The van der Waals surface area contributed by atoms with Crippen LogP contribution >= 0.6 is 0 Å². The van der Waals surface area contributed by atoms with Crippen molar-refractivity contribution in [2.45, 2.75) is 51.7 Å². The molecule has 1 aromatic carbocycles. The number of methoxy groups -OCH3 is 1. The Hall–Kier alpha value is -2.23. The van der Waals surface area contributed by atoms with Crippen molar-refractivity contribution in [2.24, 2.45) is 0 Å². The predicted octanol–water partition coefficient (Wildman–Crippen LogP) is 1.79. The Balaban J connectivity index is 1.67. The molecule has 30 heavy (non-hydrogen) atoms. The van der Waals surface area contributed by atoms with Crippen molar-refractivity contribution in [1.82, 2.24) is 24.7 Å². The van der Waals surface area contributed by atoms with Crippen molar-refractivity contribution in [3.63, 3.8) is 0 Å². The van der Waals surface area contributed by atoms with Crippen LogP contribution in [0.3, 0.4) is 0 Å². The molecule has 0 saturated carbocycles. The van der Waals surface area contributed by atoms with Gasteiger partial charge in [-0.15, -0.1) is 0 Å². The lowest BCUT2D eigenvalue weighted by atomic mass is 9.87. The largest absolute Gasteiger partial charge is 0.382 e. The standard InChI is InChI=1S/C21H34N6O3/c1-4-17-30-27(19-9-7-6-8-10-19)21(18-29-3)11-13-24(14-12-21)15-16-26-20(28)25(5-2)22-23-26/h6-10H,4-5,11-18H2,1-3H3. The molecule has 1 aromatic heterocycles. The van der Waals surface area contributed by atoms with Gasteiger partial charge in [0.15, 0.2) is 0 Å². The maximum absolute atomic E-state index is 12.2. The molecular weight excluding hydrogens is 384 g/mol. The van der Waals surface area contributed by atoms with Crippen LogP contribution in [0.2, 0.25) is 0 Å². The number of tetrazole rings is 1. The van der Waals surface area contributed by atoms with Crippen molar-refractivity contribution < 1.29 is 9.57 Å². The van der Waals surface area contributed by atoms with Gasteiger partial charge in [0.25, 0.3) is 0 Å². The fraction of sp³-hybridized carbons (Fsp3) is 0.667. The van der Waals surface area contributed by atoms with Crippen LogP contribution in [0.5, 0.6) is 0 Å². The van der Waals surface area contributed by atoms with E-state index in [0.29, 0.717) is 26.3 Å². The van der Waals surface area contributed by atoms with E-state index >= 15 is 0 Å². The van der Waals surface area contributed by atoms with Crippen molar-refractivity contribution in [2.75, 3.05) is 45.0 Å². The fourth-order valence-electron chi connectivity index (χ4n) is 3.98. The highest BCUT2D eigenvalue weighted by Gasteiger charge is 2.41. The van der Waals surface area contributed by atoms with Gasteiger partial charge in [0.2, 0.25) is 0 Å². The molecule has 0 radical (unpaired) electrons. The molecule has 0 aliphatic carbocycles. The number of nitrogens with zero attached hydrogens (tertiary/aromatic N) is 6. The first-order valence-electron chi connectivity index (χ1n) is 10.8. The van der Waals surface area contributed by atoms with E-state index in [9.17, 15) is 4.79 Å². The number of piperidine rings is 1. The van der Waals surface area contributed by atoms with Crippen LogP contribution in [-0.4, -0.2) is 70.2 Å². The van der Waals surface area contributed by atoms with Gasteiger partial charge in [-0.1, -0.05) is 25.1 Å². The average Bonchev–Trinajstić information content (AvgIpc) is 3.14. The Morgan fingerprint density at radius 2 is 1.77 bits per heavy atom. The molecule has 2 heterocycles. The minimum Gasteiger partial charge on any atom is -0.382 e. The summed E-state index contributed by atoms with van der Waals surface area (Å²) in [4.78, 5) is 20.8. The third kappa shape index (κ3) is 5.08. The van der Waals surface area contributed by atoms with Gasteiger partial charge in [-0.05, 0) is 48.7 Å². The molecule has 2 aromatic rings. The van der Waals surface area contributed by atoms with Gasteiger partial charge in [-0.2, -0.15) is 9.36 Å². The second-order valence-corrected chi connectivity index (χ2v) is 7.76. The lowest BCUT2D eigenvalue weighted by Crippen LogP contribution is -2.58. The zero-order valence-electron chi connectivity index (χ0n) is 18.4. The SMILES string of the molecule is CCCON(c1ccccc1)C1(COC)CCN(CCn2nnn(CC)c2=O)CC1. The number of para-hydroxylation sites is 1. The number of ether oxygens (including phenoxy) is 1. The van der Waals surface area contributed by atoms with Crippen molar-refractivity contribution >= 4 is 5.69 Å². The number of aryl methyl sites for hydroxylation is 1. The van der Waals surface area contributed by atoms with Gasteiger partial charge in [0.1, 0.15) is 0 Å². The number of hydroxylamine groups is 1. The number of likely N-dealkylation sites (tertiary alicyclic amines) is 1. The molecule has 1 fully saturated rings. The third-order valence-electron chi connectivity index (χ3n) is 5.67. The average molecular weight is 419 g/mol. The molecule has 0 bridgehead atoms. The van der Waals surface area contributed by atoms with Gasteiger partial charge in [-0.25, -0.2) is 9.86 Å². The summed E-state index contributed by atoms with van der Waals surface area (Å²) in [6.45, 7) is 8.93. The highest BCUT2D eigenvalue weighted by atomic mass is 16.7. The first-order valence-corrected chi connectivity index (χ1v) is 10.8. The van der Waals surface area contributed by atoms with Crippen molar-refractivity contribution in [3.8, 4) is 0 Å². The van der Waals surface area contributed by atoms with Crippen LogP contribution in [-0.2, 0) is 22.7 Å². The van der Waals surface area contributed by atoms with Crippen LogP contribution in [0.25, 0.3) is 0 Å². The molecule has 0 unspecified atom stereocenters. The highest BCUT2D eigenvalue weighted by Crippen LogP contribution is 2.34. The number of hydrogen-bond acceptors (Lipinski definition) is 7. The Morgan fingerprint density at radius 3 is 2.37 bits per heavy atom. The first-order chi connectivity index (χ1) is 14.6. The molecule has 1 aliphatic rings. The van der Waals surface area contributed by atoms with E-state index in [1.165, 1.54) is 9.36 Å². The minimum atomic E-state index is -0.218. The summed E-state index contributed by atoms with van der Waals surface area (Å²) >= 11 is 0. The van der Waals surface area contributed by atoms with Crippen molar-refractivity contribution in [1.29, 1.82) is 0 Å². The summed E-state index contributed by atoms with van der Waals surface area (Å²) in [5.74, 6) is 0. The topological polar surface area (TPSA) is 77.7 Å². The quantitative estimate of drug-likeness (QED) is 0.515. The summed E-state index contributed by atoms with van der Waals surface area (Å²) in [6.07, 6.45) is 2.78. The van der Waals surface area contributed by atoms with E-state index in [1.54, 1.807) is 7.11 Å². The smallest absolute Gasteiger partial charge is 0.363 e. The van der Waals surface area contributed by atoms with Gasteiger partial charge in [0, 0.05) is 33.3 Å². The molecule has 0 N–H and O–H groups in total. The van der Waals surface area contributed by atoms with Gasteiger partial charge in [0.05, 0.1) is 31.0 Å². The Kier molecular flexibility index (Phi) is 8.01. The lowest BCUT2D eigenvalue weighted by molar-refractivity contribution is -0.0186. The Labute approximate surface area is 178 Å². The maximum Gasteiger partial charge on any atom is 0.363 e. The molecule has 9 nitrogen and oxygen atoms in total. The highest BCUT2D eigenvalue weighted by molar-refractivity contribution is 5.46. The van der Waals surface area contributed by atoms with Crippen LogP contribution in [0, 0.1) is 0 Å². The monoisotopic (exact) mass is 418 g/mol. The van der Waals surface area contributed by atoms with E-state index in [4.69, 9.17) is 9.57 Å². The van der Waals surface area contributed by atoms with Gasteiger partial charge in [-0.3, -0.25) is 4.84 Å². The van der Waals surface area contributed by atoms with Crippen LogP contribution < -0.4 is 10.8 Å². The molecule has 0 amide bonds. The second-order valence-electron chi connectivity index (χ2n) is 7.76. The maximum atomic E-state index is 12.2. The number of rotatable bonds is 11. The number of aromatic nitrogens is 4. The van der Waals surface area contributed by atoms with Crippen LogP contribution in [0.1, 0.15) is 33.1 Å². The molecule has 1 aliphatic heterocycles. The Bertz CT molecular complexity index is 814. The summed E-state index contributed by atoms with van der Waals surface area (Å²) in [5.41, 5.74) is 0.690. The fourth-order valence-corrected chi connectivity index (χ4v) is 3.98. The van der Waals surface area contributed by atoms with E-state index in [2.05, 4.69) is 39.4 Å². The molecule has 166 valence electrons. The Morgan fingerprint density at radius 1 is 1.07 bits per heavy atom. The number of benzene rings is 1. The zero-order chi connectivity index (χ0) is 21.4. The molecule has 1 saturated heterocycles. The van der Waals surface area contributed by atoms with Gasteiger partial charge < -0.3 is 9.64 Å². The summed E-state index contributed by atoms with van der Waals surface area (Å²) in [5, 5.41) is 9.94. The normalized spacial score (nSPS) is 16.6.